The molecular weight excluding hydrogens is 272 g/mol. The molecule has 3 rings (SSSR count). The molecule has 0 radical (unpaired) electrons. The highest BCUT2D eigenvalue weighted by molar-refractivity contribution is 6.10. The zero-order valence-electron chi connectivity index (χ0n) is 10.3. The van der Waals surface area contributed by atoms with Crippen LogP contribution in [0.2, 0.25) is 0 Å². The lowest BCUT2D eigenvalue weighted by atomic mass is 10.1. The van der Waals surface area contributed by atoms with Gasteiger partial charge in [-0.25, -0.2) is 19.2 Å². The van der Waals surface area contributed by atoms with E-state index in [4.69, 9.17) is 9.47 Å². The maximum absolute atomic E-state index is 11.7. The summed E-state index contributed by atoms with van der Waals surface area (Å²) in [4.78, 5) is 46.8. The first-order valence-corrected chi connectivity index (χ1v) is 5.36. The van der Waals surface area contributed by atoms with Gasteiger partial charge < -0.3 is 18.3 Å². The van der Waals surface area contributed by atoms with Crippen molar-refractivity contribution < 1.29 is 18.3 Å². The Hall–Kier alpha value is -2.90. The molecule has 2 aromatic heterocycles. The van der Waals surface area contributed by atoms with Gasteiger partial charge in [0.15, 0.2) is 0 Å². The van der Waals surface area contributed by atoms with Gasteiger partial charge in [-0.2, -0.15) is 0 Å². The summed E-state index contributed by atoms with van der Waals surface area (Å²) < 4.78 is 18.9. The van der Waals surface area contributed by atoms with Gasteiger partial charge in [0, 0.05) is 0 Å². The largest absolute Gasteiger partial charge is 0.495 e. The van der Waals surface area contributed by atoms with Crippen LogP contribution in [0, 0.1) is 0 Å². The van der Waals surface area contributed by atoms with Crippen molar-refractivity contribution >= 4 is 21.5 Å². The van der Waals surface area contributed by atoms with Crippen molar-refractivity contribution in [3.8, 4) is 11.5 Å². The van der Waals surface area contributed by atoms with Crippen molar-refractivity contribution in [3.05, 3.63) is 41.7 Å². The number of methoxy groups -OCH3 is 2. The first kappa shape index (κ1) is 12.2. The summed E-state index contributed by atoms with van der Waals surface area (Å²) >= 11 is 0. The van der Waals surface area contributed by atoms with Crippen LogP contribution < -0.4 is 32.0 Å². The minimum Gasteiger partial charge on any atom is -0.495 e. The summed E-state index contributed by atoms with van der Waals surface area (Å²) in [5.74, 6) is -0.468. The zero-order chi connectivity index (χ0) is 14.6. The van der Waals surface area contributed by atoms with E-state index in [1.165, 1.54) is 14.2 Å². The first-order chi connectivity index (χ1) is 9.51. The molecule has 0 saturated carbocycles. The smallest absolute Gasteiger partial charge is 0.350 e. The Morgan fingerprint density at radius 3 is 1.05 bits per heavy atom. The fourth-order valence-electron chi connectivity index (χ4n) is 2.26. The number of fused-ring (bicyclic) bond motifs is 2. The Bertz CT molecular complexity index is 881. The van der Waals surface area contributed by atoms with E-state index in [-0.39, 0.29) is 33.0 Å². The first-order valence-electron chi connectivity index (χ1n) is 5.36. The van der Waals surface area contributed by atoms with E-state index < -0.39 is 22.5 Å². The van der Waals surface area contributed by atoms with Gasteiger partial charge in [0.25, 0.3) is 0 Å². The molecule has 0 spiro atoms. The molecule has 20 heavy (non-hydrogen) atoms. The second kappa shape index (κ2) is 3.80. The lowest BCUT2D eigenvalue weighted by molar-refractivity contribution is 0.417. The molecule has 3 aromatic rings. The number of rotatable bonds is 2. The monoisotopic (exact) mass is 278 g/mol. The topological polar surface area (TPSA) is 113 Å². The third-order valence-electron chi connectivity index (χ3n) is 3.00. The van der Waals surface area contributed by atoms with Crippen LogP contribution in [0.4, 0.5) is 0 Å². The maximum Gasteiger partial charge on any atom is 0.350 e. The predicted octanol–water partition coefficient (Wildman–Crippen LogP) is -0.487. The van der Waals surface area contributed by atoms with Crippen LogP contribution in [-0.2, 0) is 0 Å². The summed E-state index contributed by atoms with van der Waals surface area (Å²) in [6.45, 7) is 0. The van der Waals surface area contributed by atoms with Gasteiger partial charge >= 0.3 is 22.5 Å². The van der Waals surface area contributed by atoms with Gasteiger partial charge in [-0.05, 0) is 0 Å². The highest BCUT2D eigenvalue weighted by Gasteiger charge is 2.28. The summed E-state index contributed by atoms with van der Waals surface area (Å²) in [7, 11) is 2.38. The van der Waals surface area contributed by atoms with Gasteiger partial charge in [0.1, 0.15) is 33.0 Å². The minimum absolute atomic E-state index is 0.234. The minimum atomic E-state index is -0.977. The average Bonchev–Trinajstić information content (AvgIpc) is 2.86. The molecule has 0 aliphatic carbocycles. The van der Waals surface area contributed by atoms with E-state index in [9.17, 15) is 19.2 Å². The van der Waals surface area contributed by atoms with Gasteiger partial charge in [-0.1, -0.05) is 0 Å². The number of ether oxygens (including phenoxy) is 2. The molecule has 0 aliphatic heterocycles. The normalized spacial score (nSPS) is 11.3. The van der Waals surface area contributed by atoms with E-state index in [2.05, 4.69) is 8.83 Å². The quantitative estimate of drug-likeness (QED) is 0.617. The van der Waals surface area contributed by atoms with Crippen LogP contribution >= 0.6 is 0 Å². The molecule has 0 atom stereocenters. The zero-order valence-corrected chi connectivity index (χ0v) is 10.3. The van der Waals surface area contributed by atoms with Gasteiger partial charge in [-0.3, -0.25) is 0 Å². The van der Waals surface area contributed by atoms with Crippen molar-refractivity contribution in [1.29, 1.82) is 0 Å². The molecule has 0 saturated heterocycles. The molecule has 2 heterocycles. The third kappa shape index (κ3) is 1.25. The van der Waals surface area contributed by atoms with Gasteiger partial charge in [0.2, 0.25) is 0 Å². The molecular formula is C12H6O8. The standard InChI is InChI=1S/C12H6O8/c1-17-7-3-5(11(15)19-9(3)13)8(18-2)6-4(7)10(14)20-12(6)16/h1-2H3. The van der Waals surface area contributed by atoms with E-state index >= 15 is 0 Å². The van der Waals surface area contributed by atoms with Crippen LogP contribution in [0.1, 0.15) is 0 Å². The lowest BCUT2D eigenvalue weighted by Crippen LogP contribution is -2.02. The van der Waals surface area contributed by atoms with Crippen molar-refractivity contribution in [2.75, 3.05) is 14.2 Å². The molecule has 0 unspecified atom stereocenters. The number of hydrogen-bond acceptors (Lipinski definition) is 8. The predicted molar refractivity (Wildman–Crippen MR) is 66.5 cm³/mol. The second-order valence-corrected chi connectivity index (χ2v) is 3.92. The fourth-order valence-corrected chi connectivity index (χ4v) is 2.26. The molecule has 0 amide bonds. The Labute approximate surface area is 108 Å². The van der Waals surface area contributed by atoms with Crippen LogP contribution in [0.3, 0.4) is 0 Å². The third-order valence-corrected chi connectivity index (χ3v) is 3.00. The molecule has 102 valence electrons. The van der Waals surface area contributed by atoms with E-state index in [0.717, 1.165) is 0 Å². The van der Waals surface area contributed by atoms with Crippen LogP contribution in [-0.4, -0.2) is 14.2 Å². The maximum atomic E-state index is 11.7. The summed E-state index contributed by atoms with van der Waals surface area (Å²) in [5, 5.41) is -1.00. The fraction of sp³-hybridized carbons (Fsp3) is 0.167. The van der Waals surface area contributed by atoms with E-state index in [1.807, 2.05) is 0 Å². The van der Waals surface area contributed by atoms with Gasteiger partial charge in [0.05, 0.1) is 14.2 Å². The molecule has 0 aliphatic rings. The molecule has 8 heteroatoms. The summed E-state index contributed by atoms with van der Waals surface area (Å²) in [6.07, 6.45) is 0. The molecule has 0 fully saturated rings. The van der Waals surface area contributed by atoms with Crippen molar-refractivity contribution in [1.82, 2.24) is 0 Å². The summed E-state index contributed by atoms with van der Waals surface area (Å²) in [6, 6.07) is 0. The second-order valence-electron chi connectivity index (χ2n) is 3.92. The average molecular weight is 278 g/mol. The SMILES string of the molecule is COc1c2c(=O)oc(=O)c2c(OC)c2c(=O)oc(=O)c12. The highest BCUT2D eigenvalue weighted by atomic mass is 16.5. The van der Waals surface area contributed by atoms with E-state index in [1.54, 1.807) is 0 Å². The Morgan fingerprint density at radius 2 is 0.850 bits per heavy atom. The molecule has 8 nitrogen and oxygen atoms in total. The highest BCUT2D eigenvalue weighted by Crippen LogP contribution is 2.36. The molecule has 0 N–H and O–H groups in total. The number of hydrogen-bond donors (Lipinski definition) is 0. The van der Waals surface area contributed by atoms with Gasteiger partial charge in [-0.15, -0.1) is 0 Å². The number of furan rings is 2. The Kier molecular flexibility index (Phi) is 2.31. The van der Waals surface area contributed by atoms with E-state index in [0.29, 0.717) is 0 Å². The lowest BCUT2D eigenvalue weighted by Gasteiger charge is -2.05. The Morgan fingerprint density at radius 1 is 0.600 bits per heavy atom. The van der Waals surface area contributed by atoms with Crippen LogP contribution in [0.5, 0.6) is 11.5 Å². The van der Waals surface area contributed by atoms with Crippen LogP contribution in [0.15, 0.2) is 28.0 Å². The molecule has 1 aromatic carbocycles. The van der Waals surface area contributed by atoms with Crippen molar-refractivity contribution in [2.45, 2.75) is 0 Å². The Balaban J connectivity index is 2.88. The summed E-state index contributed by atoms with van der Waals surface area (Å²) in [5.41, 5.74) is -3.91. The number of benzene rings is 1. The van der Waals surface area contributed by atoms with Crippen molar-refractivity contribution in [2.24, 2.45) is 0 Å². The van der Waals surface area contributed by atoms with Crippen molar-refractivity contribution in [3.63, 3.8) is 0 Å². The van der Waals surface area contributed by atoms with Crippen LogP contribution in [0.25, 0.3) is 21.5 Å². The molecule has 0 bridgehead atoms.